The van der Waals surface area contributed by atoms with Gasteiger partial charge in [-0.25, -0.2) is 10.4 Å². The molecule has 1 N–H and O–H groups in total. The Kier molecular flexibility index (Phi) is 2.24. The molecule has 1 aromatic heterocycles. The lowest BCUT2D eigenvalue weighted by Gasteiger charge is -1.86. The zero-order valence-electron chi connectivity index (χ0n) is 6.32. The van der Waals surface area contributed by atoms with Crippen molar-refractivity contribution < 1.29 is 0 Å². The standard InChI is InChI=1S/C7H4BrN3OS/c8-4-1-2-5-6(3-4)13-7(9-5)10-11-12/h1-3H,(H,9,10,12). The summed E-state index contributed by atoms with van der Waals surface area (Å²) in [6, 6.07) is 5.73. The first-order chi connectivity index (χ1) is 6.29. The molecular weight excluding hydrogens is 254 g/mol. The van der Waals surface area contributed by atoms with E-state index in [2.05, 4.69) is 31.6 Å². The third-order valence-electron chi connectivity index (χ3n) is 1.49. The fourth-order valence-corrected chi connectivity index (χ4v) is 2.34. The number of rotatable bonds is 2. The molecule has 0 aliphatic heterocycles. The minimum Gasteiger partial charge on any atom is -0.219 e. The number of nitrogens with one attached hydrogen (secondary N) is 1. The summed E-state index contributed by atoms with van der Waals surface area (Å²) in [7, 11) is 0. The average Bonchev–Trinajstić information content (AvgIpc) is 2.46. The van der Waals surface area contributed by atoms with Crippen molar-refractivity contribution in [1.29, 1.82) is 0 Å². The number of hydrogen-bond acceptors (Lipinski definition) is 4. The largest absolute Gasteiger partial charge is 0.219 e. The van der Waals surface area contributed by atoms with Crippen molar-refractivity contribution in [2.45, 2.75) is 0 Å². The fourth-order valence-electron chi connectivity index (χ4n) is 0.985. The third kappa shape index (κ3) is 1.68. The van der Waals surface area contributed by atoms with Crippen LogP contribution in [0.1, 0.15) is 0 Å². The Morgan fingerprint density at radius 1 is 1.54 bits per heavy atom. The van der Waals surface area contributed by atoms with E-state index in [1.54, 1.807) is 0 Å². The van der Waals surface area contributed by atoms with E-state index < -0.39 is 0 Å². The zero-order chi connectivity index (χ0) is 9.26. The average molecular weight is 258 g/mol. The molecular formula is C7H4BrN3OS. The molecule has 0 radical (unpaired) electrons. The first kappa shape index (κ1) is 8.58. The molecule has 0 bridgehead atoms. The molecule has 4 nitrogen and oxygen atoms in total. The summed E-state index contributed by atoms with van der Waals surface area (Å²) in [5.41, 5.74) is 3.14. The SMILES string of the molecule is O=NNc1nc2ccc(Br)cc2s1. The van der Waals surface area contributed by atoms with Gasteiger partial charge in [-0.1, -0.05) is 27.3 Å². The van der Waals surface area contributed by atoms with Crippen molar-refractivity contribution in [1.82, 2.24) is 4.98 Å². The molecule has 0 fully saturated rings. The van der Waals surface area contributed by atoms with Gasteiger partial charge in [0.25, 0.3) is 0 Å². The number of fused-ring (bicyclic) bond motifs is 1. The monoisotopic (exact) mass is 257 g/mol. The third-order valence-corrected chi connectivity index (χ3v) is 2.91. The van der Waals surface area contributed by atoms with E-state index in [-0.39, 0.29) is 0 Å². The molecule has 0 aliphatic rings. The number of nitroso groups, excluding NO2 is 1. The van der Waals surface area contributed by atoms with Crippen molar-refractivity contribution in [3.8, 4) is 0 Å². The van der Waals surface area contributed by atoms with Crippen LogP contribution in [-0.4, -0.2) is 4.98 Å². The van der Waals surface area contributed by atoms with Gasteiger partial charge in [-0.2, -0.15) is 0 Å². The zero-order valence-corrected chi connectivity index (χ0v) is 8.72. The summed E-state index contributed by atoms with van der Waals surface area (Å²) in [5.74, 6) is 0. The van der Waals surface area contributed by atoms with Gasteiger partial charge in [0, 0.05) is 4.47 Å². The van der Waals surface area contributed by atoms with Crippen molar-refractivity contribution in [2.24, 2.45) is 5.29 Å². The van der Waals surface area contributed by atoms with Crippen LogP contribution < -0.4 is 5.43 Å². The molecule has 1 heterocycles. The van der Waals surface area contributed by atoms with Crippen molar-refractivity contribution in [3.05, 3.63) is 27.6 Å². The van der Waals surface area contributed by atoms with Crippen molar-refractivity contribution >= 4 is 42.6 Å². The lowest BCUT2D eigenvalue weighted by atomic mass is 10.3. The van der Waals surface area contributed by atoms with Gasteiger partial charge in [-0.15, -0.1) is 4.91 Å². The van der Waals surface area contributed by atoms with Crippen LogP contribution >= 0.6 is 27.3 Å². The van der Waals surface area contributed by atoms with Crippen LogP contribution in [-0.2, 0) is 0 Å². The molecule has 0 saturated heterocycles. The van der Waals surface area contributed by atoms with Crippen LogP contribution in [0.5, 0.6) is 0 Å². The number of hydrogen-bond donors (Lipinski definition) is 1. The number of anilines is 1. The molecule has 6 heteroatoms. The van der Waals surface area contributed by atoms with Gasteiger partial charge in [0.2, 0.25) is 5.13 Å². The second-order valence-corrected chi connectivity index (χ2v) is 4.28. The maximum atomic E-state index is 9.91. The second kappa shape index (κ2) is 3.39. The van der Waals surface area contributed by atoms with E-state index in [0.29, 0.717) is 5.13 Å². The van der Waals surface area contributed by atoms with Gasteiger partial charge in [-0.05, 0) is 18.2 Å². The van der Waals surface area contributed by atoms with E-state index in [9.17, 15) is 4.91 Å². The van der Waals surface area contributed by atoms with Crippen LogP contribution in [0, 0.1) is 4.91 Å². The van der Waals surface area contributed by atoms with Gasteiger partial charge >= 0.3 is 0 Å². The van der Waals surface area contributed by atoms with Gasteiger partial charge < -0.3 is 0 Å². The van der Waals surface area contributed by atoms with E-state index in [1.807, 2.05) is 18.2 Å². The number of halogens is 1. The maximum Gasteiger partial charge on any atom is 0.207 e. The molecule has 0 saturated carbocycles. The van der Waals surface area contributed by atoms with Crippen LogP contribution in [0.2, 0.25) is 0 Å². The lowest BCUT2D eigenvalue weighted by molar-refractivity contribution is 1.28. The highest BCUT2D eigenvalue weighted by molar-refractivity contribution is 9.10. The molecule has 2 aromatic rings. The summed E-state index contributed by atoms with van der Waals surface area (Å²) in [5, 5.41) is 3.08. The molecule has 13 heavy (non-hydrogen) atoms. The summed E-state index contributed by atoms with van der Waals surface area (Å²) in [6.45, 7) is 0. The predicted octanol–water partition coefficient (Wildman–Crippen LogP) is 3.15. The minimum atomic E-state index is 0.517. The topological polar surface area (TPSA) is 54.4 Å². The maximum absolute atomic E-state index is 9.91. The van der Waals surface area contributed by atoms with E-state index in [4.69, 9.17) is 0 Å². The Morgan fingerprint density at radius 2 is 2.38 bits per heavy atom. The number of aromatic nitrogens is 1. The molecule has 2 rings (SSSR count). The summed E-state index contributed by atoms with van der Waals surface area (Å²) in [6.07, 6.45) is 0. The van der Waals surface area contributed by atoms with Crippen LogP contribution in [0.4, 0.5) is 5.13 Å². The van der Waals surface area contributed by atoms with E-state index in [1.165, 1.54) is 11.3 Å². The Hall–Kier alpha value is -1.01. The number of nitrogens with zero attached hydrogens (tertiary/aromatic N) is 2. The number of thiazole rings is 1. The highest BCUT2D eigenvalue weighted by Gasteiger charge is 2.02. The second-order valence-electron chi connectivity index (χ2n) is 2.33. The lowest BCUT2D eigenvalue weighted by Crippen LogP contribution is -1.81. The smallest absolute Gasteiger partial charge is 0.207 e. The van der Waals surface area contributed by atoms with Crippen molar-refractivity contribution in [2.75, 3.05) is 5.43 Å². The minimum absolute atomic E-state index is 0.517. The summed E-state index contributed by atoms with van der Waals surface area (Å²) >= 11 is 4.74. The van der Waals surface area contributed by atoms with Crippen LogP contribution in [0.3, 0.4) is 0 Å². The van der Waals surface area contributed by atoms with E-state index >= 15 is 0 Å². The quantitative estimate of drug-likeness (QED) is 0.664. The Labute approximate surface area is 86.1 Å². The molecule has 0 aliphatic carbocycles. The molecule has 0 spiro atoms. The highest BCUT2D eigenvalue weighted by Crippen LogP contribution is 2.28. The van der Waals surface area contributed by atoms with E-state index in [0.717, 1.165) is 14.7 Å². The molecule has 0 amide bonds. The Bertz CT molecular complexity index is 456. The number of benzene rings is 1. The Balaban J connectivity index is 2.55. The highest BCUT2D eigenvalue weighted by atomic mass is 79.9. The molecule has 66 valence electrons. The van der Waals surface area contributed by atoms with Crippen LogP contribution in [0.15, 0.2) is 28.0 Å². The molecule has 0 atom stereocenters. The first-order valence-electron chi connectivity index (χ1n) is 3.44. The molecule has 0 unspecified atom stereocenters. The first-order valence-corrected chi connectivity index (χ1v) is 5.05. The van der Waals surface area contributed by atoms with Crippen LogP contribution in [0.25, 0.3) is 10.2 Å². The Morgan fingerprint density at radius 3 is 3.15 bits per heavy atom. The van der Waals surface area contributed by atoms with Gasteiger partial charge in [0.05, 0.1) is 15.5 Å². The predicted molar refractivity (Wildman–Crippen MR) is 56.7 cm³/mol. The van der Waals surface area contributed by atoms with Gasteiger partial charge in [0.15, 0.2) is 0 Å². The summed E-state index contributed by atoms with van der Waals surface area (Å²) < 4.78 is 2.01. The summed E-state index contributed by atoms with van der Waals surface area (Å²) in [4.78, 5) is 14.1. The van der Waals surface area contributed by atoms with Crippen molar-refractivity contribution in [3.63, 3.8) is 0 Å². The fraction of sp³-hybridized carbons (Fsp3) is 0. The molecule has 1 aromatic carbocycles. The van der Waals surface area contributed by atoms with Gasteiger partial charge in [0.1, 0.15) is 0 Å². The normalized spacial score (nSPS) is 10.2. The van der Waals surface area contributed by atoms with Gasteiger partial charge in [-0.3, -0.25) is 0 Å².